The van der Waals surface area contributed by atoms with Gasteiger partial charge in [-0.3, -0.25) is 0 Å². The standard InChI is InChI=1S/C20H21FN4/c1-3-24(4-2)11-12-25-18-10-9-14(21)13-15(18)19-20(25)23-17-8-6-5-7-16(17)22-19/h5-10,13H,3-4,11-12H2,1-2H3. The molecule has 0 aliphatic carbocycles. The summed E-state index contributed by atoms with van der Waals surface area (Å²) in [7, 11) is 0. The number of likely N-dealkylation sites (N-methyl/N-ethyl adjacent to an activating group) is 1. The SMILES string of the molecule is CCN(CC)CCn1c2ccc(F)cc2c2nc3ccccc3nc21. The smallest absolute Gasteiger partial charge is 0.160 e. The van der Waals surface area contributed by atoms with E-state index in [1.807, 2.05) is 30.3 Å². The average molecular weight is 336 g/mol. The van der Waals surface area contributed by atoms with Gasteiger partial charge < -0.3 is 9.47 Å². The predicted molar refractivity (Wildman–Crippen MR) is 100 cm³/mol. The Morgan fingerprint density at radius 2 is 1.72 bits per heavy atom. The van der Waals surface area contributed by atoms with E-state index in [1.54, 1.807) is 6.07 Å². The Morgan fingerprint density at radius 3 is 2.44 bits per heavy atom. The van der Waals surface area contributed by atoms with Gasteiger partial charge in [0.05, 0.1) is 16.6 Å². The highest BCUT2D eigenvalue weighted by Crippen LogP contribution is 2.28. The fourth-order valence-corrected chi connectivity index (χ4v) is 3.41. The number of hydrogen-bond donors (Lipinski definition) is 0. The Labute approximate surface area is 145 Å². The molecule has 0 N–H and O–H groups in total. The summed E-state index contributed by atoms with van der Waals surface area (Å²) in [5, 5.41) is 0.827. The van der Waals surface area contributed by atoms with E-state index in [4.69, 9.17) is 9.97 Å². The predicted octanol–water partition coefficient (Wildman–Crippen LogP) is 4.22. The van der Waals surface area contributed by atoms with Gasteiger partial charge in [0, 0.05) is 18.5 Å². The normalized spacial score (nSPS) is 12.0. The maximum atomic E-state index is 13.8. The summed E-state index contributed by atoms with van der Waals surface area (Å²) in [5.41, 5.74) is 4.28. The molecule has 0 fully saturated rings. The lowest BCUT2D eigenvalue weighted by Crippen LogP contribution is -2.27. The van der Waals surface area contributed by atoms with Crippen molar-refractivity contribution >= 4 is 33.1 Å². The highest BCUT2D eigenvalue weighted by Gasteiger charge is 2.15. The van der Waals surface area contributed by atoms with Gasteiger partial charge in [0.2, 0.25) is 0 Å². The number of fused-ring (bicyclic) bond motifs is 4. The van der Waals surface area contributed by atoms with Crippen LogP contribution >= 0.6 is 0 Å². The zero-order valence-electron chi connectivity index (χ0n) is 14.5. The molecule has 128 valence electrons. The molecule has 0 amide bonds. The van der Waals surface area contributed by atoms with E-state index in [1.165, 1.54) is 6.07 Å². The lowest BCUT2D eigenvalue weighted by molar-refractivity contribution is 0.293. The highest BCUT2D eigenvalue weighted by atomic mass is 19.1. The van der Waals surface area contributed by atoms with Crippen molar-refractivity contribution in [3.05, 3.63) is 48.3 Å². The number of nitrogens with zero attached hydrogens (tertiary/aromatic N) is 4. The Kier molecular flexibility index (Phi) is 4.09. The quantitative estimate of drug-likeness (QED) is 0.547. The van der Waals surface area contributed by atoms with E-state index < -0.39 is 0 Å². The first-order valence-corrected chi connectivity index (χ1v) is 8.78. The first-order chi connectivity index (χ1) is 12.2. The van der Waals surface area contributed by atoms with Gasteiger partial charge in [0.1, 0.15) is 11.3 Å². The van der Waals surface area contributed by atoms with Crippen LogP contribution in [-0.4, -0.2) is 39.1 Å². The fourth-order valence-electron chi connectivity index (χ4n) is 3.41. The molecule has 2 heterocycles. The molecule has 0 unspecified atom stereocenters. The van der Waals surface area contributed by atoms with Crippen LogP contribution in [-0.2, 0) is 6.54 Å². The van der Waals surface area contributed by atoms with Gasteiger partial charge in [-0.05, 0) is 43.4 Å². The minimum atomic E-state index is -0.245. The van der Waals surface area contributed by atoms with Gasteiger partial charge in [-0.15, -0.1) is 0 Å². The van der Waals surface area contributed by atoms with Crippen LogP contribution in [0.15, 0.2) is 42.5 Å². The van der Waals surface area contributed by atoms with Gasteiger partial charge >= 0.3 is 0 Å². The monoisotopic (exact) mass is 336 g/mol. The number of aromatic nitrogens is 3. The number of halogens is 1. The number of hydrogen-bond acceptors (Lipinski definition) is 3. The Balaban J connectivity index is 1.95. The summed E-state index contributed by atoms with van der Waals surface area (Å²) in [6.07, 6.45) is 0. The third kappa shape index (κ3) is 2.74. The van der Waals surface area contributed by atoms with Crippen LogP contribution in [0, 0.1) is 5.82 Å². The van der Waals surface area contributed by atoms with Gasteiger partial charge in [-0.1, -0.05) is 26.0 Å². The van der Waals surface area contributed by atoms with E-state index in [2.05, 4.69) is 23.3 Å². The first-order valence-electron chi connectivity index (χ1n) is 8.78. The van der Waals surface area contributed by atoms with Crippen LogP contribution in [0.5, 0.6) is 0 Å². The van der Waals surface area contributed by atoms with E-state index in [9.17, 15) is 4.39 Å². The molecule has 25 heavy (non-hydrogen) atoms. The van der Waals surface area contributed by atoms with Crippen LogP contribution in [0.2, 0.25) is 0 Å². The largest absolute Gasteiger partial charge is 0.323 e. The molecule has 0 radical (unpaired) electrons. The Hall–Kier alpha value is -2.53. The van der Waals surface area contributed by atoms with Crippen molar-refractivity contribution in [2.24, 2.45) is 0 Å². The van der Waals surface area contributed by atoms with Crippen LogP contribution in [0.4, 0.5) is 4.39 Å². The summed E-state index contributed by atoms with van der Waals surface area (Å²) in [6, 6.07) is 12.7. The zero-order valence-corrected chi connectivity index (χ0v) is 14.5. The van der Waals surface area contributed by atoms with Crippen molar-refractivity contribution in [1.29, 1.82) is 0 Å². The van der Waals surface area contributed by atoms with Crippen LogP contribution < -0.4 is 0 Å². The number of para-hydroxylation sites is 2. The molecule has 0 spiro atoms. The van der Waals surface area contributed by atoms with Crippen molar-refractivity contribution in [3.63, 3.8) is 0 Å². The third-order valence-corrected chi connectivity index (χ3v) is 4.85. The summed E-state index contributed by atoms with van der Waals surface area (Å²) < 4.78 is 16.0. The molecule has 5 heteroatoms. The molecule has 4 nitrogen and oxygen atoms in total. The number of rotatable bonds is 5. The molecule has 2 aromatic heterocycles. The molecule has 0 bridgehead atoms. The van der Waals surface area contributed by atoms with Crippen LogP contribution in [0.1, 0.15) is 13.8 Å². The summed E-state index contributed by atoms with van der Waals surface area (Å²) >= 11 is 0. The van der Waals surface area contributed by atoms with Crippen molar-refractivity contribution in [2.75, 3.05) is 19.6 Å². The van der Waals surface area contributed by atoms with Crippen molar-refractivity contribution in [1.82, 2.24) is 19.4 Å². The second-order valence-corrected chi connectivity index (χ2v) is 6.22. The lowest BCUT2D eigenvalue weighted by atomic mass is 10.2. The average Bonchev–Trinajstić information content (AvgIpc) is 2.93. The highest BCUT2D eigenvalue weighted by molar-refractivity contribution is 6.06. The van der Waals surface area contributed by atoms with E-state index in [-0.39, 0.29) is 5.82 Å². The van der Waals surface area contributed by atoms with Crippen LogP contribution in [0.25, 0.3) is 33.1 Å². The minimum Gasteiger partial charge on any atom is -0.323 e. The fraction of sp³-hybridized carbons (Fsp3) is 0.300. The Bertz CT molecular complexity index is 1050. The van der Waals surface area contributed by atoms with Crippen LogP contribution in [0.3, 0.4) is 0 Å². The van der Waals surface area contributed by atoms with Gasteiger partial charge in [0.15, 0.2) is 5.65 Å². The molecule has 0 aliphatic rings. The first kappa shape index (κ1) is 16.0. The van der Waals surface area contributed by atoms with Crippen molar-refractivity contribution in [3.8, 4) is 0 Å². The van der Waals surface area contributed by atoms with Gasteiger partial charge in [-0.25, -0.2) is 14.4 Å². The molecular formula is C20H21FN4. The lowest BCUT2D eigenvalue weighted by Gasteiger charge is -2.18. The van der Waals surface area contributed by atoms with Crippen molar-refractivity contribution in [2.45, 2.75) is 20.4 Å². The molecule has 4 aromatic rings. The molecule has 0 atom stereocenters. The summed E-state index contributed by atoms with van der Waals surface area (Å²) in [5.74, 6) is -0.245. The third-order valence-electron chi connectivity index (χ3n) is 4.85. The minimum absolute atomic E-state index is 0.245. The molecule has 4 rings (SSSR count). The zero-order chi connectivity index (χ0) is 17.4. The van der Waals surface area contributed by atoms with Crippen molar-refractivity contribution < 1.29 is 4.39 Å². The van der Waals surface area contributed by atoms with E-state index >= 15 is 0 Å². The molecule has 2 aromatic carbocycles. The molecule has 0 saturated heterocycles. The summed E-state index contributed by atoms with van der Waals surface area (Å²) in [4.78, 5) is 12.0. The van der Waals surface area contributed by atoms with E-state index in [0.29, 0.717) is 0 Å². The molecule has 0 saturated carbocycles. The molecule has 0 aliphatic heterocycles. The maximum Gasteiger partial charge on any atom is 0.160 e. The molecular weight excluding hydrogens is 315 g/mol. The summed E-state index contributed by atoms with van der Waals surface area (Å²) in [6.45, 7) is 8.09. The maximum absolute atomic E-state index is 13.8. The Morgan fingerprint density at radius 1 is 1.00 bits per heavy atom. The number of benzene rings is 2. The van der Waals surface area contributed by atoms with E-state index in [0.717, 1.165) is 59.3 Å². The van der Waals surface area contributed by atoms with Gasteiger partial charge in [0.25, 0.3) is 0 Å². The topological polar surface area (TPSA) is 34.0 Å². The van der Waals surface area contributed by atoms with Gasteiger partial charge in [-0.2, -0.15) is 0 Å². The second kappa shape index (κ2) is 6.41. The second-order valence-electron chi connectivity index (χ2n) is 6.22.